The fourth-order valence-electron chi connectivity index (χ4n) is 1.73. The van der Waals surface area contributed by atoms with Gasteiger partial charge in [0.2, 0.25) is 0 Å². The molecule has 0 aromatic carbocycles. The molecule has 1 unspecified atom stereocenters. The molecule has 1 heterocycles. The molecular weight excluding hydrogens is 204 g/mol. The summed E-state index contributed by atoms with van der Waals surface area (Å²) in [4.78, 5) is 0. The SMILES string of the molecule is COCC(CCCN)Nc1c(C)n[nH]c1C. The van der Waals surface area contributed by atoms with Crippen LogP contribution in [0.25, 0.3) is 0 Å². The Kier molecular flexibility index (Phi) is 5.28. The van der Waals surface area contributed by atoms with Crippen molar-refractivity contribution < 1.29 is 4.74 Å². The lowest BCUT2D eigenvalue weighted by Crippen LogP contribution is -2.26. The minimum Gasteiger partial charge on any atom is -0.383 e. The first-order chi connectivity index (χ1) is 7.69. The van der Waals surface area contributed by atoms with Crippen LogP contribution in [0.15, 0.2) is 0 Å². The Hall–Kier alpha value is -1.07. The molecule has 4 N–H and O–H groups in total. The van der Waals surface area contributed by atoms with Crippen LogP contribution in [0.1, 0.15) is 24.2 Å². The van der Waals surface area contributed by atoms with E-state index in [-0.39, 0.29) is 0 Å². The minimum atomic E-state index is 0.295. The monoisotopic (exact) mass is 226 g/mol. The molecular formula is C11H22N4O. The summed E-state index contributed by atoms with van der Waals surface area (Å²) in [6, 6.07) is 0.295. The molecule has 1 rings (SSSR count). The summed E-state index contributed by atoms with van der Waals surface area (Å²) >= 11 is 0. The largest absolute Gasteiger partial charge is 0.383 e. The molecule has 0 aliphatic heterocycles. The highest BCUT2D eigenvalue weighted by Gasteiger charge is 2.12. The maximum absolute atomic E-state index is 5.52. The first kappa shape index (κ1) is 13.0. The van der Waals surface area contributed by atoms with Gasteiger partial charge in [-0.25, -0.2) is 0 Å². The van der Waals surface area contributed by atoms with E-state index in [2.05, 4.69) is 15.5 Å². The molecule has 92 valence electrons. The summed E-state index contributed by atoms with van der Waals surface area (Å²) in [5.74, 6) is 0. The van der Waals surface area contributed by atoms with E-state index in [4.69, 9.17) is 10.5 Å². The number of hydrogen-bond donors (Lipinski definition) is 3. The zero-order valence-electron chi connectivity index (χ0n) is 10.3. The first-order valence-electron chi connectivity index (χ1n) is 5.66. The van der Waals surface area contributed by atoms with Crippen LogP contribution in [-0.2, 0) is 4.74 Å². The standard InChI is InChI=1S/C11H22N4O/c1-8-11(9(2)15-14-8)13-10(7-16-3)5-4-6-12/h10,13H,4-7,12H2,1-3H3,(H,14,15). The van der Waals surface area contributed by atoms with E-state index in [1.165, 1.54) is 0 Å². The van der Waals surface area contributed by atoms with Gasteiger partial charge in [-0.3, -0.25) is 5.10 Å². The van der Waals surface area contributed by atoms with E-state index in [9.17, 15) is 0 Å². The van der Waals surface area contributed by atoms with Gasteiger partial charge >= 0.3 is 0 Å². The van der Waals surface area contributed by atoms with Crippen molar-refractivity contribution in [2.24, 2.45) is 5.73 Å². The number of nitrogens with zero attached hydrogens (tertiary/aromatic N) is 1. The summed E-state index contributed by atoms with van der Waals surface area (Å²) in [7, 11) is 1.71. The number of ether oxygens (including phenoxy) is 1. The molecule has 1 atom stereocenters. The lowest BCUT2D eigenvalue weighted by molar-refractivity contribution is 0.182. The maximum atomic E-state index is 5.52. The fraction of sp³-hybridized carbons (Fsp3) is 0.727. The predicted molar refractivity (Wildman–Crippen MR) is 65.6 cm³/mol. The molecule has 0 saturated carbocycles. The van der Waals surface area contributed by atoms with Crippen LogP contribution in [0.5, 0.6) is 0 Å². The molecule has 0 amide bonds. The molecule has 0 aliphatic carbocycles. The maximum Gasteiger partial charge on any atom is 0.0825 e. The number of nitrogens with two attached hydrogens (primary N) is 1. The Bertz CT molecular complexity index is 291. The molecule has 5 nitrogen and oxygen atoms in total. The molecule has 16 heavy (non-hydrogen) atoms. The summed E-state index contributed by atoms with van der Waals surface area (Å²) in [6.07, 6.45) is 2.01. The third kappa shape index (κ3) is 3.50. The summed E-state index contributed by atoms with van der Waals surface area (Å²) in [5.41, 5.74) is 8.65. The number of methoxy groups -OCH3 is 1. The number of aryl methyl sites for hydroxylation is 2. The predicted octanol–water partition coefficient (Wildman–Crippen LogP) is 1.19. The molecule has 0 radical (unpaired) electrons. The van der Waals surface area contributed by atoms with Crippen molar-refractivity contribution in [1.82, 2.24) is 10.2 Å². The second-order valence-electron chi connectivity index (χ2n) is 4.04. The molecule has 0 aliphatic rings. The van der Waals surface area contributed by atoms with Crippen molar-refractivity contribution in [2.45, 2.75) is 32.7 Å². The Morgan fingerprint density at radius 2 is 2.25 bits per heavy atom. The van der Waals surface area contributed by atoms with Gasteiger partial charge in [-0.05, 0) is 33.2 Å². The Morgan fingerprint density at radius 1 is 1.50 bits per heavy atom. The number of rotatable bonds is 7. The number of hydrogen-bond acceptors (Lipinski definition) is 4. The fourth-order valence-corrected chi connectivity index (χ4v) is 1.73. The molecule has 0 bridgehead atoms. The smallest absolute Gasteiger partial charge is 0.0825 e. The summed E-state index contributed by atoms with van der Waals surface area (Å²) < 4.78 is 5.20. The number of aromatic nitrogens is 2. The number of nitrogens with one attached hydrogen (secondary N) is 2. The number of H-pyrrole nitrogens is 1. The molecule has 5 heteroatoms. The van der Waals surface area contributed by atoms with E-state index in [1.54, 1.807) is 7.11 Å². The van der Waals surface area contributed by atoms with Gasteiger partial charge in [-0.1, -0.05) is 0 Å². The van der Waals surface area contributed by atoms with Gasteiger partial charge in [0.25, 0.3) is 0 Å². The van der Waals surface area contributed by atoms with E-state index in [1.807, 2.05) is 13.8 Å². The summed E-state index contributed by atoms with van der Waals surface area (Å²) in [5, 5.41) is 10.6. The normalized spacial score (nSPS) is 12.8. The Morgan fingerprint density at radius 3 is 2.75 bits per heavy atom. The molecule has 0 spiro atoms. The van der Waals surface area contributed by atoms with E-state index in [0.717, 1.165) is 29.9 Å². The van der Waals surface area contributed by atoms with Crippen molar-refractivity contribution in [3.63, 3.8) is 0 Å². The molecule has 0 saturated heterocycles. The average molecular weight is 226 g/mol. The number of aromatic amines is 1. The Balaban J connectivity index is 2.59. The molecule has 0 fully saturated rings. The van der Waals surface area contributed by atoms with Crippen LogP contribution in [0, 0.1) is 13.8 Å². The van der Waals surface area contributed by atoms with Crippen molar-refractivity contribution in [3.8, 4) is 0 Å². The second kappa shape index (κ2) is 6.50. The number of anilines is 1. The minimum absolute atomic E-state index is 0.295. The van der Waals surface area contributed by atoms with Gasteiger partial charge in [0.05, 0.1) is 23.7 Å². The van der Waals surface area contributed by atoms with Crippen LogP contribution in [0.2, 0.25) is 0 Å². The van der Waals surface area contributed by atoms with Crippen molar-refractivity contribution in [2.75, 3.05) is 25.6 Å². The van der Waals surface area contributed by atoms with Crippen molar-refractivity contribution in [1.29, 1.82) is 0 Å². The zero-order chi connectivity index (χ0) is 12.0. The highest BCUT2D eigenvalue weighted by atomic mass is 16.5. The van der Waals surface area contributed by atoms with Gasteiger partial charge in [0, 0.05) is 13.2 Å². The van der Waals surface area contributed by atoms with E-state index < -0.39 is 0 Å². The van der Waals surface area contributed by atoms with Gasteiger partial charge < -0.3 is 15.8 Å². The van der Waals surface area contributed by atoms with Crippen LogP contribution in [0.3, 0.4) is 0 Å². The van der Waals surface area contributed by atoms with Crippen LogP contribution in [-0.4, -0.2) is 36.5 Å². The van der Waals surface area contributed by atoms with Crippen LogP contribution < -0.4 is 11.1 Å². The van der Waals surface area contributed by atoms with E-state index >= 15 is 0 Å². The van der Waals surface area contributed by atoms with Gasteiger partial charge in [0.1, 0.15) is 0 Å². The summed E-state index contributed by atoms with van der Waals surface area (Å²) in [6.45, 7) is 5.39. The first-order valence-corrected chi connectivity index (χ1v) is 5.66. The highest BCUT2D eigenvalue weighted by molar-refractivity contribution is 5.52. The van der Waals surface area contributed by atoms with Crippen LogP contribution in [0.4, 0.5) is 5.69 Å². The Labute approximate surface area is 96.8 Å². The van der Waals surface area contributed by atoms with E-state index in [0.29, 0.717) is 19.2 Å². The molecule has 1 aromatic rings. The zero-order valence-corrected chi connectivity index (χ0v) is 10.3. The van der Waals surface area contributed by atoms with Crippen LogP contribution >= 0.6 is 0 Å². The third-order valence-electron chi connectivity index (χ3n) is 2.60. The second-order valence-corrected chi connectivity index (χ2v) is 4.04. The quantitative estimate of drug-likeness (QED) is 0.653. The topological polar surface area (TPSA) is 76.0 Å². The van der Waals surface area contributed by atoms with Gasteiger partial charge in [0.15, 0.2) is 0 Å². The lowest BCUT2D eigenvalue weighted by Gasteiger charge is -2.18. The average Bonchev–Trinajstić information content (AvgIpc) is 2.57. The lowest BCUT2D eigenvalue weighted by atomic mass is 10.1. The van der Waals surface area contributed by atoms with Gasteiger partial charge in [-0.15, -0.1) is 0 Å². The highest BCUT2D eigenvalue weighted by Crippen LogP contribution is 2.18. The van der Waals surface area contributed by atoms with Gasteiger partial charge in [-0.2, -0.15) is 5.10 Å². The molecule has 1 aromatic heterocycles. The van der Waals surface area contributed by atoms with Crippen molar-refractivity contribution >= 4 is 5.69 Å². The van der Waals surface area contributed by atoms with Crippen molar-refractivity contribution in [3.05, 3.63) is 11.4 Å². The third-order valence-corrected chi connectivity index (χ3v) is 2.60.